The molecule has 7 heteroatoms. The first-order chi connectivity index (χ1) is 10.8. The Morgan fingerprint density at radius 2 is 1.87 bits per heavy atom. The highest BCUT2D eigenvalue weighted by atomic mass is 16.6. The third kappa shape index (κ3) is 7.65. The molecule has 1 N–H and O–H groups in total. The first-order valence-corrected chi connectivity index (χ1v) is 8.12. The van der Waals surface area contributed by atoms with Crippen molar-refractivity contribution in [2.45, 2.75) is 58.2 Å². The molecule has 0 bridgehead atoms. The minimum Gasteiger partial charge on any atom is -0.444 e. The molecule has 0 saturated heterocycles. The van der Waals surface area contributed by atoms with Crippen LogP contribution in [0, 0.1) is 0 Å². The molecule has 0 heterocycles. The van der Waals surface area contributed by atoms with E-state index in [0.717, 1.165) is 12.8 Å². The molecule has 1 aliphatic rings. The number of hydrogen-bond acceptors (Lipinski definition) is 5. The van der Waals surface area contributed by atoms with E-state index in [9.17, 15) is 9.59 Å². The van der Waals surface area contributed by atoms with Crippen molar-refractivity contribution >= 4 is 12.0 Å². The molecule has 1 atom stereocenters. The Kier molecular flexibility index (Phi) is 7.78. The number of nitrogens with zero attached hydrogens (tertiary/aromatic N) is 1. The molecule has 0 radical (unpaired) electrons. The lowest BCUT2D eigenvalue weighted by atomic mass is 10.2. The maximum atomic E-state index is 12.3. The highest BCUT2D eigenvalue weighted by molar-refractivity contribution is 5.85. The minimum atomic E-state index is -0.574. The van der Waals surface area contributed by atoms with Crippen molar-refractivity contribution < 1.29 is 23.8 Å². The van der Waals surface area contributed by atoms with Crippen molar-refractivity contribution in [3.63, 3.8) is 0 Å². The molecule has 1 fully saturated rings. The van der Waals surface area contributed by atoms with Crippen LogP contribution in [-0.2, 0) is 19.0 Å². The molecule has 0 aromatic heterocycles. The summed E-state index contributed by atoms with van der Waals surface area (Å²) in [6.45, 7) is 9.02. The summed E-state index contributed by atoms with van der Waals surface area (Å²) >= 11 is 0. The van der Waals surface area contributed by atoms with E-state index in [0.29, 0.717) is 26.4 Å². The van der Waals surface area contributed by atoms with Gasteiger partial charge in [-0.2, -0.15) is 0 Å². The first-order valence-electron chi connectivity index (χ1n) is 8.12. The number of rotatable bonds is 9. The Balaban J connectivity index is 2.42. The van der Waals surface area contributed by atoms with E-state index in [1.54, 1.807) is 18.9 Å². The molecule has 1 rings (SSSR count). The number of nitrogens with one attached hydrogen (secondary N) is 1. The van der Waals surface area contributed by atoms with Crippen LogP contribution in [0.3, 0.4) is 0 Å². The second-order valence-corrected chi connectivity index (χ2v) is 6.69. The highest BCUT2D eigenvalue weighted by Crippen LogP contribution is 2.30. The van der Waals surface area contributed by atoms with Crippen molar-refractivity contribution in [2.24, 2.45) is 0 Å². The van der Waals surface area contributed by atoms with Gasteiger partial charge in [0.05, 0.1) is 19.8 Å². The molecule has 0 spiro atoms. The quantitative estimate of drug-likeness (QED) is 0.649. The third-order valence-corrected chi connectivity index (χ3v) is 3.32. The summed E-state index contributed by atoms with van der Waals surface area (Å²) in [5.74, 6) is -0.196. The molecule has 134 valence electrons. The molecule has 7 nitrogen and oxygen atoms in total. The maximum absolute atomic E-state index is 12.3. The van der Waals surface area contributed by atoms with Gasteiger partial charge in [-0.25, -0.2) is 4.79 Å². The molecule has 0 aromatic carbocycles. The number of ether oxygens (including phenoxy) is 3. The average Bonchev–Trinajstić information content (AvgIpc) is 3.25. The molecule has 1 saturated carbocycles. The van der Waals surface area contributed by atoms with E-state index >= 15 is 0 Å². The van der Waals surface area contributed by atoms with E-state index in [2.05, 4.69) is 5.32 Å². The second-order valence-electron chi connectivity index (χ2n) is 6.69. The van der Waals surface area contributed by atoms with Gasteiger partial charge in [-0.1, -0.05) is 0 Å². The minimum absolute atomic E-state index is 0.101. The summed E-state index contributed by atoms with van der Waals surface area (Å²) < 4.78 is 15.6. The normalized spacial score (nSPS) is 15.9. The molecule has 2 amide bonds. The Bertz CT molecular complexity index is 390. The lowest BCUT2D eigenvalue weighted by Crippen LogP contribution is -2.51. The maximum Gasteiger partial charge on any atom is 0.411 e. The van der Waals surface area contributed by atoms with Gasteiger partial charge in [-0.15, -0.1) is 0 Å². The zero-order valence-corrected chi connectivity index (χ0v) is 14.9. The molecular weight excluding hydrogens is 300 g/mol. The number of carbonyl (C=O) groups is 2. The van der Waals surface area contributed by atoms with Crippen molar-refractivity contribution in [1.82, 2.24) is 10.2 Å². The molecule has 0 aliphatic heterocycles. The van der Waals surface area contributed by atoms with Gasteiger partial charge in [0.2, 0.25) is 5.91 Å². The largest absolute Gasteiger partial charge is 0.444 e. The van der Waals surface area contributed by atoms with Crippen LogP contribution in [0.4, 0.5) is 4.79 Å². The molecular formula is C16H30N2O5. The zero-order chi connectivity index (χ0) is 17.5. The number of carbonyl (C=O) groups excluding carboxylic acids is 2. The van der Waals surface area contributed by atoms with Gasteiger partial charge in [-0.05, 0) is 40.5 Å². The molecule has 23 heavy (non-hydrogen) atoms. The van der Waals surface area contributed by atoms with Crippen molar-refractivity contribution in [1.29, 1.82) is 0 Å². The summed E-state index contributed by atoms with van der Waals surface area (Å²) in [6.07, 6.45) is 1.40. The fourth-order valence-electron chi connectivity index (χ4n) is 2.06. The summed E-state index contributed by atoms with van der Waals surface area (Å²) in [5, 5.41) is 2.79. The fourth-order valence-corrected chi connectivity index (χ4v) is 2.06. The van der Waals surface area contributed by atoms with Gasteiger partial charge < -0.3 is 19.5 Å². The summed E-state index contributed by atoms with van der Waals surface area (Å²) in [6, 6.07) is -0.458. The van der Waals surface area contributed by atoms with Gasteiger partial charge >= 0.3 is 6.09 Å². The second kappa shape index (κ2) is 9.08. The van der Waals surface area contributed by atoms with E-state index in [-0.39, 0.29) is 11.9 Å². The fraction of sp³-hybridized carbons (Fsp3) is 0.875. The van der Waals surface area contributed by atoms with Gasteiger partial charge in [0.1, 0.15) is 11.6 Å². The Hall–Kier alpha value is -1.34. The summed E-state index contributed by atoms with van der Waals surface area (Å²) in [5.41, 5.74) is -0.574. The standard InChI is InChI=1S/C16H30N2O5/c1-12(14(19)17-8-9-22-11-10-21-5)18(13-6-7-13)15(20)23-16(2,3)4/h12-13H,6-11H2,1-5H3,(H,17,19)/t12-/m1/s1. The number of amides is 2. The third-order valence-electron chi connectivity index (χ3n) is 3.32. The molecule has 0 aromatic rings. The average molecular weight is 330 g/mol. The number of methoxy groups -OCH3 is 1. The van der Waals surface area contributed by atoms with Crippen LogP contribution in [-0.4, -0.2) is 68.1 Å². The van der Waals surface area contributed by atoms with E-state index < -0.39 is 17.7 Å². The van der Waals surface area contributed by atoms with Crippen LogP contribution in [0.1, 0.15) is 40.5 Å². The first kappa shape index (κ1) is 19.7. The monoisotopic (exact) mass is 330 g/mol. The summed E-state index contributed by atoms with van der Waals surface area (Å²) in [4.78, 5) is 26.1. The van der Waals surface area contributed by atoms with Crippen molar-refractivity contribution in [3.8, 4) is 0 Å². The van der Waals surface area contributed by atoms with Gasteiger partial charge in [0.25, 0.3) is 0 Å². The van der Waals surface area contributed by atoms with Crippen LogP contribution in [0.25, 0.3) is 0 Å². The van der Waals surface area contributed by atoms with Gasteiger partial charge in [0, 0.05) is 19.7 Å². The highest BCUT2D eigenvalue weighted by Gasteiger charge is 2.40. The van der Waals surface area contributed by atoms with Crippen LogP contribution < -0.4 is 5.32 Å². The Labute approximate surface area is 138 Å². The van der Waals surface area contributed by atoms with Crippen LogP contribution in [0.2, 0.25) is 0 Å². The number of hydrogen-bond donors (Lipinski definition) is 1. The molecule has 1 aliphatic carbocycles. The predicted molar refractivity (Wildman–Crippen MR) is 86.3 cm³/mol. The topological polar surface area (TPSA) is 77.1 Å². The van der Waals surface area contributed by atoms with Crippen LogP contribution >= 0.6 is 0 Å². The van der Waals surface area contributed by atoms with Crippen LogP contribution in [0.15, 0.2) is 0 Å². The molecule has 0 unspecified atom stereocenters. The predicted octanol–water partition coefficient (Wildman–Crippen LogP) is 1.55. The smallest absolute Gasteiger partial charge is 0.411 e. The van der Waals surface area contributed by atoms with E-state index in [4.69, 9.17) is 14.2 Å². The Morgan fingerprint density at radius 3 is 2.39 bits per heavy atom. The summed E-state index contributed by atoms with van der Waals surface area (Å²) in [7, 11) is 1.61. The van der Waals surface area contributed by atoms with Crippen LogP contribution in [0.5, 0.6) is 0 Å². The van der Waals surface area contributed by atoms with E-state index in [1.165, 1.54) is 0 Å². The lowest BCUT2D eigenvalue weighted by molar-refractivity contribution is -0.126. The zero-order valence-electron chi connectivity index (χ0n) is 14.9. The van der Waals surface area contributed by atoms with Crippen molar-refractivity contribution in [2.75, 3.05) is 33.5 Å². The van der Waals surface area contributed by atoms with E-state index in [1.807, 2.05) is 20.8 Å². The van der Waals surface area contributed by atoms with Crippen molar-refractivity contribution in [3.05, 3.63) is 0 Å². The lowest BCUT2D eigenvalue weighted by Gasteiger charge is -2.31. The van der Waals surface area contributed by atoms with Gasteiger partial charge in [0.15, 0.2) is 0 Å². The SMILES string of the molecule is COCCOCCNC(=O)[C@@H](C)N(C(=O)OC(C)(C)C)C1CC1. The Morgan fingerprint density at radius 1 is 1.22 bits per heavy atom. The van der Waals surface area contributed by atoms with Gasteiger partial charge in [-0.3, -0.25) is 9.69 Å².